The Balaban J connectivity index is 2.21. The van der Waals surface area contributed by atoms with Crippen LogP contribution in [0.2, 0.25) is 0 Å². The fraction of sp³-hybridized carbons (Fsp3) is 0.412. The largest absolute Gasteiger partial charge is 0.496 e. The summed E-state index contributed by atoms with van der Waals surface area (Å²) in [7, 11) is 1.72. The van der Waals surface area contributed by atoms with E-state index in [1.807, 2.05) is 12.1 Å². The lowest BCUT2D eigenvalue weighted by Crippen LogP contribution is -2.22. The van der Waals surface area contributed by atoms with Gasteiger partial charge in [-0.1, -0.05) is 22.9 Å². The van der Waals surface area contributed by atoms with E-state index in [1.165, 1.54) is 11.3 Å². The average molecular weight is 351 g/mol. The van der Waals surface area contributed by atoms with Gasteiger partial charge in [-0.25, -0.2) is 0 Å². The van der Waals surface area contributed by atoms with Crippen LogP contribution in [0, 0.1) is 0 Å². The highest BCUT2D eigenvalue weighted by atomic mass is 79.9. The van der Waals surface area contributed by atoms with Crippen LogP contribution < -0.4 is 10.1 Å². The summed E-state index contributed by atoms with van der Waals surface area (Å²) in [4.78, 5) is 0. The van der Waals surface area contributed by atoms with Crippen molar-refractivity contribution in [3.63, 3.8) is 0 Å². The molecule has 0 aliphatic heterocycles. The van der Waals surface area contributed by atoms with Crippen LogP contribution in [0.3, 0.4) is 0 Å². The molecule has 4 heteroatoms. The van der Waals surface area contributed by atoms with E-state index in [1.54, 1.807) is 7.11 Å². The molecule has 1 heterocycles. The van der Waals surface area contributed by atoms with Crippen LogP contribution in [0.5, 0.6) is 5.75 Å². The van der Waals surface area contributed by atoms with Crippen molar-refractivity contribution in [3.05, 3.63) is 52.3 Å². The summed E-state index contributed by atoms with van der Waals surface area (Å²) >= 11 is 3.53. The molecule has 0 saturated carbocycles. The predicted octanol–water partition coefficient (Wildman–Crippen LogP) is 4.37. The Bertz CT molecular complexity index is 580. The molecule has 2 aromatic rings. The van der Waals surface area contributed by atoms with Crippen molar-refractivity contribution in [2.24, 2.45) is 0 Å². The van der Waals surface area contributed by atoms with Gasteiger partial charge in [-0.2, -0.15) is 0 Å². The summed E-state index contributed by atoms with van der Waals surface area (Å²) in [5.74, 6) is 0.923. The quantitative estimate of drug-likeness (QED) is 0.802. The normalized spacial score (nSPS) is 12.4. The highest BCUT2D eigenvalue weighted by Gasteiger charge is 2.11. The lowest BCUT2D eigenvalue weighted by Gasteiger charge is -2.18. The van der Waals surface area contributed by atoms with Gasteiger partial charge in [-0.05, 0) is 50.2 Å². The first kappa shape index (κ1) is 16.1. The highest BCUT2D eigenvalue weighted by molar-refractivity contribution is 9.10. The average Bonchev–Trinajstić information content (AvgIpc) is 2.93. The van der Waals surface area contributed by atoms with E-state index in [2.05, 4.69) is 64.1 Å². The Morgan fingerprint density at radius 2 is 2.14 bits per heavy atom. The van der Waals surface area contributed by atoms with E-state index in [0.29, 0.717) is 6.04 Å². The van der Waals surface area contributed by atoms with E-state index in [4.69, 9.17) is 4.74 Å². The Kier molecular flexibility index (Phi) is 5.88. The standard InChI is InChI=1S/C17H23BrN2O/c1-4-9-19-13(2)16-6-5-10-20(16)12-14-11-15(18)7-8-17(14)21-3/h5-8,10-11,13,19H,4,9,12H2,1-3H3. The van der Waals surface area contributed by atoms with E-state index in [0.717, 1.165) is 29.7 Å². The molecule has 0 bridgehead atoms. The van der Waals surface area contributed by atoms with Crippen molar-refractivity contribution < 1.29 is 4.74 Å². The van der Waals surface area contributed by atoms with Crippen molar-refractivity contribution >= 4 is 15.9 Å². The van der Waals surface area contributed by atoms with E-state index in [9.17, 15) is 0 Å². The van der Waals surface area contributed by atoms with Gasteiger partial charge in [0.05, 0.1) is 13.7 Å². The van der Waals surface area contributed by atoms with Crippen LogP contribution in [0.15, 0.2) is 41.0 Å². The molecule has 21 heavy (non-hydrogen) atoms. The summed E-state index contributed by atoms with van der Waals surface area (Å²) < 4.78 is 8.81. The third-order valence-corrected chi connectivity index (χ3v) is 4.09. The van der Waals surface area contributed by atoms with Crippen molar-refractivity contribution in [2.45, 2.75) is 32.9 Å². The number of aromatic nitrogens is 1. The van der Waals surface area contributed by atoms with Crippen molar-refractivity contribution in [1.29, 1.82) is 0 Å². The number of nitrogens with zero attached hydrogens (tertiary/aromatic N) is 1. The van der Waals surface area contributed by atoms with Gasteiger partial charge in [-0.3, -0.25) is 0 Å². The molecule has 114 valence electrons. The Morgan fingerprint density at radius 1 is 1.33 bits per heavy atom. The van der Waals surface area contributed by atoms with Crippen LogP contribution in [0.4, 0.5) is 0 Å². The molecule has 3 nitrogen and oxygen atoms in total. The fourth-order valence-corrected chi connectivity index (χ4v) is 2.89. The van der Waals surface area contributed by atoms with E-state index < -0.39 is 0 Å². The second kappa shape index (κ2) is 7.66. The van der Waals surface area contributed by atoms with Crippen molar-refractivity contribution in [2.75, 3.05) is 13.7 Å². The summed E-state index contributed by atoms with van der Waals surface area (Å²) in [5.41, 5.74) is 2.47. The maximum Gasteiger partial charge on any atom is 0.123 e. The van der Waals surface area contributed by atoms with Crippen molar-refractivity contribution in [1.82, 2.24) is 9.88 Å². The van der Waals surface area contributed by atoms with Gasteiger partial charge in [0.1, 0.15) is 5.75 Å². The third-order valence-electron chi connectivity index (χ3n) is 3.59. The van der Waals surface area contributed by atoms with Gasteiger partial charge < -0.3 is 14.6 Å². The topological polar surface area (TPSA) is 26.2 Å². The van der Waals surface area contributed by atoms with Gasteiger partial charge in [-0.15, -0.1) is 0 Å². The zero-order chi connectivity index (χ0) is 15.2. The third kappa shape index (κ3) is 4.11. The number of hydrogen-bond donors (Lipinski definition) is 1. The second-order valence-corrected chi connectivity index (χ2v) is 6.11. The first-order chi connectivity index (χ1) is 10.2. The Labute approximate surface area is 135 Å². The molecule has 0 amide bonds. The molecule has 1 unspecified atom stereocenters. The first-order valence-corrected chi connectivity index (χ1v) is 8.15. The molecular weight excluding hydrogens is 328 g/mol. The van der Waals surface area contributed by atoms with E-state index in [-0.39, 0.29) is 0 Å². The summed E-state index contributed by atoms with van der Waals surface area (Å²) in [6.45, 7) is 6.24. The summed E-state index contributed by atoms with van der Waals surface area (Å²) in [6, 6.07) is 10.7. The monoisotopic (exact) mass is 350 g/mol. The minimum atomic E-state index is 0.345. The number of nitrogens with one attached hydrogen (secondary N) is 1. The van der Waals surface area contributed by atoms with Gasteiger partial charge in [0.2, 0.25) is 0 Å². The Hall–Kier alpha value is -1.26. The molecule has 0 aliphatic rings. The van der Waals surface area contributed by atoms with Crippen molar-refractivity contribution in [3.8, 4) is 5.75 Å². The lowest BCUT2D eigenvalue weighted by molar-refractivity contribution is 0.407. The minimum absolute atomic E-state index is 0.345. The summed E-state index contributed by atoms with van der Waals surface area (Å²) in [5, 5.41) is 3.54. The molecule has 1 atom stereocenters. The maximum atomic E-state index is 5.46. The first-order valence-electron chi connectivity index (χ1n) is 7.36. The Morgan fingerprint density at radius 3 is 2.86 bits per heavy atom. The lowest BCUT2D eigenvalue weighted by atomic mass is 10.2. The van der Waals surface area contributed by atoms with E-state index >= 15 is 0 Å². The molecule has 1 aromatic heterocycles. The zero-order valence-corrected chi connectivity index (χ0v) is 14.5. The van der Waals surface area contributed by atoms with Gasteiger partial charge in [0.25, 0.3) is 0 Å². The molecule has 0 fully saturated rings. The van der Waals surface area contributed by atoms with Gasteiger partial charge >= 0.3 is 0 Å². The number of halogens is 1. The number of hydrogen-bond acceptors (Lipinski definition) is 2. The molecule has 1 N–H and O–H groups in total. The van der Waals surface area contributed by atoms with Crippen LogP contribution in [-0.4, -0.2) is 18.2 Å². The molecule has 0 radical (unpaired) electrons. The second-order valence-electron chi connectivity index (χ2n) is 5.19. The smallest absolute Gasteiger partial charge is 0.123 e. The predicted molar refractivity (Wildman–Crippen MR) is 90.9 cm³/mol. The molecule has 1 aromatic carbocycles. The molecular formula is C17H23BrN2O. The SMILES string of the molecule is CCCNC(C)c1cccn1Cc1cc(Br)ccc1OC. The number of ether oxygens (including phenoxy) is 1. The van der Waals surface area contributed by atoms with Crippen LogP contribution in [0.1, 0.15) is 37.6 Å². The molecule has 0 saturated heterocycles. The number of methoxy groups -OCH3 is 1. The molecule has 0 spiro atoms. The molecule has 2 rings (SSSR count). The fourth-order valence-electron chi connectivity index (χ4n) is 2.48. The summed E-state index contributed by atoms with van der Waals surface area (Å²) in [6.07, 6.45) is 3.27. The van der Waals surface area contributed by atoms with Gasteiger partial charge in [0.15, 0.2) is 0 Å². The maximum absolute atomic E-state index is 5.46. The zero-order valence-electron chi connectivity index (χ0n) is 12.9. The van der Waals surface area contributed by atoms with Crippen LogP contribution >= 0.6 is 15.9 Å². The van der Waals surface area contributed by atoms with Crippen LogP contribution in [0.25, 0.3) is 0 Å². The molecule has 0 aliphatic carbocycles. The van der Waals surface area contributed by atoms with Crippen LogP contribution in [-0.2, 0) is 6.54 Å². The number of rotatable bonds is 7. The minimum Gasteiger partial charge on any atom is -0.496 e. The highest BCUT2D eigenvalue weighted by Crippen LogP contribution is 2.25. The number of benzene rings is 1. The van der Waals surface area contributed by atoms with Gasteiger partial charge in [0, 0.05) is 28.0 Å².